The minimum atomic E-state index is -4.53. The molecule has 0 radical (unpaired) electrons. The van der Waals surface area contributed by atoms with Crippen LogP contribution in [0.4, 0.5) is 0 Å². The van der Waals surface area contributed by atoms with Crippen molar-refractivity contribution in [1.82, 2.24) is 0 Å². The van der Waals surface area contributed by atoms with Gasteiger partial charge in [-0.25, -0.2) is 0 Å². The van der Waals surface area contributed by atoms with Gasteiger partial charge in [0.05, 0.1) is 23.3 Å². The maximum absolute atomic E-state index is 13.4. The Kier molecular flexibility index (Phi) is 9.67. The predicted octanol–water partition coefficient (Wildman–Crippen LogP) is 6.57. The van der Waals surface area contributed by atoms with Crippen LogP contribution in [0.3, 0.4) is 0 Å². The monoisotopic (exact) mass is 606 g/mol. The second kappa shape index (κ2) is 11.3. The molecule has 0 spiro atoms. The molecule has 2 rings (SSSR count). The van der Waals surface area contributed by atoms with E-state index in [0.717, 1.165) is 24.3 Å². The first-order valence-electron chi connectivity index (χ1n) is 11.5. The van der Waals surface area contributed by atoms with Crippen LogP contribution < -0.4 is 0 Å². The van der Waals surface area contributed by atoms with Gasteiger partial charge in [0.1, 0.15) is 9.79 Å². The summed E-state index contributed by atoms with van der Waals surface area (Å²) in [4.78, 5) is 23.6. The first-order valence-corrected chi connectivity index (χ1v) is 15.1. The summed E-state index contributed by atoms with van der Waals surface area (Å²) in [6.45, 7) is 12.7. The van der Waals surface area contributed by atoms with Gasteiger partial charge in [0, 0.05) is 22.3 Å². The molecule has 8 nitrogen and oxygen atoms in total. The Morgan fingerprint density at radius 2 is 0.947 bits per heavy atom. The lowest BCUT2D eigenvalue weighted by Gasteiger charge is -2.21. The summed E-state index contributed by atoms with van der Waals surface area (Å²) in [5, 5.41) is -0.346. The van der Waals surface area contributed by atoms with E-state index in [4.69, 9.17) is 31.6 Å². The molecular formula is C26H32Cl2O8S2. The first-order chi connectivity index (χ1) is 17.1. The lowest BCUT2D eigenvalue weighted by Crippen LogP contribution is -2.20. The second-order valence-corrected chi connectivity index (χ2v) is 15.3. The van der Waals surface area contributed by atoms with Crippen molar-refractivity contribution in [3.63, 3.8) is 0 Å². The molecule has 210 valence electrons. The molecule has 38 heavy (non-hydrogen) atoms. The fourth-order valence-electron chi connectivity index (χ4n) is 3.12. The van der Waals surface area contributed by atoms with Gasteiger partial charge in [-0.2, -0.15) is 16.8 Å². The van der Waals surface area contributed by atoms with Gasteiger partial charge < -0.3 is 0 Å². The van der Waals surface area contributed by atoms with Crippen molar-refractivity contribution in [2.24, 2.45) is 10.8 Å². The van der Waals surface area contributed by atoms with Crippen LogP contribution in [0.1, 0.15) is 76.1 Å². The molecule has 0 aromatic heterocycles. The van der Waals surface area contributed by atoms with E-state index in [-0.39, 0.29) is 45.5 Å². The van der Waals surface area contributed by atoms with Crippen molar-refractivity contribution in [3.05, 3.63) is 45.4 Å². The zero-order chi connectivity index (χ0) is 29.4. The Hall–Kier alpha value is -1.82. The highest BCUT2D eigenvalue weighted by Crippen LogP contribution is 2.40. The highest BCUT2D eigenvalue weighted by Gasteiger charge is 2.31. The standard InChI is InChI=1S/C26H32Cl2O8S2/c1-15(29)17-9-19(23(11-21(17)27)37(31,32)35-13-25(3,4)5)20-10-18(16(2)30)22(28)12-24(20)38(33,34)36-14-26(6,7)8/h9-12H,13-14H2,1-8H3. The number of carbonyl (C=O) groups excluding carboxylic acids is 2. The normalized spacial score (nSPS) is 13.0. The molecule has 0 aliphatic rings. The number of rotatable bonds is 9. The van der Waals surface area contributed by atoms with Gasteiger partial charge in [-0.05, 0) is 48.9 Å². The number of Topliss-reactive ketones (excluding diaryl/α,β-unsaturated/α-hetero) is 2. The van der Waals surface area contributed by atoms with Crippen molar-refractivity contribution < 1.29 is 34.8 Å². The SMILES string of the molecule is CC(=O)c1cc(-c2cc(C(C)=O)c(Cl)cc2S(=O)(=O)OCC(C)(C)C)c(S(=O)(=O)OCC(C)(C)C)cc1Cl. The third kappa shape index (κ3) is 8.09. The smallest absolute Gasteiger partial charge is 0.294 e. The fraction of sp³-hybridized carbons (Fsp3) is 0.462. The molecule has 0 saturated carbocycles. The van der Waals surface area contributed by atoms with Crippen LogP contribution in [0, 0.1) is 10.8 Å². The molecule has 0 atom stereocenters. The van der Waals surface area contributed by atoms with Crippen LogP contribution in [-0.4, -0.2) is 41.6 Å². The minimum Gasteiger partial charge on any atom is -0.294 e. The molecule has 0 aliphatic carbocycles. The van der Waals surface area contributed by atoms with Crippen LogP contribution in [0.5, 0.6) is 0 Å². The average Bonchev–Trinajstić information content (AvgIpc) is 2.75. The zero-order valence-electron chi connectivity index (χ0n) is 22.6. The van der Waals surface area contributed by atoms with Gasteiger partial charge in [-0.1, -0.05) is 64.7 Å². The van der Waals surface area contributed by atoms with E-state index >= 15 is 0 Å². The molecule has 0 heterocycles. The van der Waals surface area contributed by atoms with E-state index in [9.17, 15) is 26.4 Å². The Morgan fingerprint density at radius 1 is 0.658 bits per heavy atom. The Bertz CT molecular complexity index is 1370. The van der Waals surface area contributed by atoms with E-state index in [1.807, 2.05) is 0 Å². The largest absolute Gasteiger partial charge is 0.297 e. The van der Waals surface area contributed by atoms with Gasteiger partial charge in [-0.3, -0.25) is 18.0 Å². The van der Waals surface area contributed by atoms with Gasteiger partial charge in [0.15, 0.2) is 11.6 Å². The van der Waals surface area contributed by atoms with Crippen LogP contribution >= 0.6 is 23.2 Å². The number of benzene rings is 2. The highest BCUT2D eigenvalue weighted by atomic mass is 35.5. The Balaban J connectivity index is 3.01. The third-order valence-corrected chi connectivity index (χ3v) is 8.25. The van der Waals surface area contributed by atoms with E-state index in [0.29, 0.717) is 0 Å². The number of carbonyl (C=O) groups is 2. The van der Waals surface area contributed by atoms with Crippen molar-refractivity contribution in [2.75, 3.05) is 13.2 Å². The van der Waals surface area contributed by atoms with E-state index in [2.05, 4.69) is 0 Å². The molecule has 0 amide bonds. The summed E-state index contributed by atoms with van der Waals surface area (Å²) < 4.78 is 64.0. The molecule has 0 fully saturated rings. The first kappa shape index (κ1) is 32.4. The van der Waals surface area contributed by atoms with Crippen molar-refractivity contribution in [2.45, 2.75) is 65.2 Å². The predicted molar refractivity (Wildman–Crippen MR) is 147 cm³/mol. The van der Waals surface area contributed by atoms with Crippen LogP contribution in [-0.2, 0) is 28.6 Å². The van der Waals surface area contributed by atoms with E-state index in [1.54, 1.807) is 41.5 Å². The molecule has 12 heteroatoms. The third-order valence-electron chi connectivity index (χ3n) is 5.02. The quantitative estimate of drug-likeness (QED) is 0.232. The van der Waals surface area contributed by atoms with Gasteiger partial charge in [0.2, 0.25) is 0 Å². The Labute approximate surface area is 234 Å². The molecule has 0 saturated heterocycles. The van der Waals surface area contributed by atoms with E-state index in [1.165, 1.54) is 13.8 Å². The van der Waals surface area contributed by atoms with Crippen molar-refractivity contribution in [1.29, 1.82) is 0 Å². The second-order valence-electron chi connectivity index (χ2n) is 11.3. The summed E-state index contributed by atoms with van der Waals surface area (Å²) in [5.74, 6) is -0.991. The summed E-state index contributed by atoms with van der Waals surface area (Å²) in [6, 6.07) is 4.38. The van der Waals surface area contributed by atoms with Crippen molar-refractivity contribution in [3.8, 4) is 11.1 Å². The van der Waals surface area contributed by atoms with Crippen molar-refractivity contribution >= 4 is 55.0 Å². The van der Waals surface area contributed by atoms with Crippen LogP contribution in [0.2, 0.25) is 10.0 Å². The lowest BCUT2D eigenvalue weighted by atomic mass is 9.98. The molecule has 2 aromatic carbocycles. The molecule has 0 unspecified atom stereocenters. The summed E-state index contributed by atoms with van der Waals surface area (Å²) in [7, 11) is -9.06. The van der Waals surface area contributed by atoms with Crippen LogP contribution in [0.15, 0.2) is 34.1 Å². The highest BCUT2D eigenvalue weighted by molar-refractivity contribution is 7.87. The van der Waals surface area contributed by atoms with Gasteiger partial charge >= 0.3 is 0 Å². The van der Waals surface area contributed by atoms with E-state index < -0.39 is 52.4 Å². The fourth-order valence-corrected chi connectivity index (χ4v) is 6.51. The molecule has 0 N–H and O–H groups in total. The average molecular weight is 608 g/mol. The number of hydrogen-bond donors (Lipinski definition) is 0. The van der Waals surface area contributed by atoms with Crippen LogP contribution in [0.25, 0.3) is 11.1 Å². The summed E-state index contributed by atoms with van der Waals surface area (Å²) >= 11 is 12.5. The number of ketones is 2. The maximum atomic E-state index is 13.4. The van der Waals surface area contributed by atoms with Gasteiger partial charge in [-0.15, -0.1) is 0 Å². The molecule has 0 bridgehead atoms. The summed E-state index contributed by atoms with van der Waals surface area (Å²) in [6.07, 6.45) is 0. The molecule has 0 aliphatic heterocycles. The number of hydrogen-bond acceptors (Lipinski definition) is 8. The summed E-state index contributed by atoms with van der Waals surface area (Å²) in [5.41, 5.74) is -1.62. The molecule has 2 aromatic rings. The maximum Gasteiger partial charge on any atom is 0.297 e. The molecular weight excluding hydrogens is 575 g/mol. The minimum absolute atomic E-state index is 0.0604. The zero-order valence-corrected chi connectivity index (χ0v) is 25.7. The topological polar surface area (TPSA) is 121 Å². The Morgan fingerprint density at radius 3 is 1.18 bits per heavy atom. The van der Waals surface area contributed by atoms with Gasteiger partial charge in [0.25, 0.3) is 20.2 Å². The lowest BCUT2D eigenvalue weighted by molar-refractivity contribution is 0.100. The number of halogens is 2.